The second kappa shape index (κ2) is 4.84. The van der Waals surface area contributed by atoms with Crippen LogP contribution in [0.4, 0.5) is 11.4 Å². The van der Waals surface area contributed by atoms with Crippen LogP contribution < -0.4 is 10.2 Å². The molecule has 0 atom stereocenters. The van der Waals surface area contributed by atoms with Gasteiger partial charge >= 0.3 is 0 Å². The van der Waals surface area contributed by atoms with Crippen molar-refractivity contribution >= 4 is 17.3 Å². The van der Waals surface area contributed by atoms with E-state index in [0.29, 0.717) is 0 Å². The van der Waals surface area contributed by atoms with Crippen LogP contribution in [0.2, 0.25) is 0 Å². The van der Waals surface area contributed by atoms with Crippen molar-refractivity contribution in [2.24, 2.45) is 0 Å². The molecule has 1 N–H and O–H groups in total. The number of nitrogens with one attached hydrogen (secondary N) is 1. The number of benzene rings is 1. The Labute approximate surface area is 95.8 Å². The average molecular weight is 216 g/mol. The summed E-state index contributed by atoms with van der Waals surface area (Å²) in [7, 11) is 0. The maximum Gasteiger partial charge on any atom is 0.250 e. The molecule has 1 aromatic carbocycles. The van der Waals surface area contributed by atoms with Crippen molar-refractivity contribution in [1.29, 1.82) is 0 Å². The third-order valence-corrected chi connectivity index (χ3v) is 2.64. The number of anilines is 2. The molecule has 1 aromatic rings. The normalized spacial score (nSPS) is 15.4. The molecule has 0 spiro atoms. The van der Waals surface area contributed by atoms with Gasteiger partial charge in [-0.2, -0.15) is 0 Å². The summed E-state index contributed by atoms with van der Waals surface area (Å²) >= 11 is 0. The van der Waals surface area contributed by atoms with Crippen molar-refractivity contribution in [2.45, 2.75) is 13.3 Å². The summed E-state index contributed by atoms with van der Waals surface area (Å²) in [5.74, 6) is 0.0543. The molecule has 0 saturated carbocycles. The van der Waals surface area contributed by atoms with Crippen LogP contribution in [0, 0.1) is 0 Å². The number of fused-ring (bicyclic) bond motifs is 1. The van der Waals surface area contributed by atoms with Gasteiger partial charge in [0.05, 0.1) is 11.4 Å². The first-order valence-corrected chi connectivity index (χ1v) is 5.60. The number of carbonyl (C=O) groups excluding carboxylic acids is 1. The maximum atomic E-state index is 11.9. The fourth-order valence-electron chi connectivity index (χ4n) is 1.90. The number of carbonyl (C=O) groups is 1. The van der Waals surface area contributed by atoms with Crippen molar-refractivity contribution in [3.8, 4) is 0 Å². The number of nitrogens with zero attached hydrogens (tertiary/aromatic N) is 1. The van der Waals surface area contributed by atoms with Gasteiger partial charge in [0.15, 0.2) is 0 Å². The Morgan fingerprint density at radius 3 is 3.06 bits per heavy atom. The van der Waals surface area contributed by atoms with E-state index in [-0.39, 0.29) is 5.91 Å². The lowest BCUT2D eigenvalue weighted by molar-refractivity contribution is -0.114. The Morgan fingerprint density at radius 1 is 1.44 bits per heavy atom. The van der Waals surface area contributed by atoms with Crippen molar-refractivity contribution < 1.29 is 4.79 Å². The molecule has 1 aliphatic rings. The Balaban J connectivity index is 2.36. The van der Waals surface area contributed by atoms with Crippen LogP contribution in [-0.2, 0) is 4.79 Å². The zero-order chi connectivity index (χ0) is 11.4. The van der Waals surface area contributed by atoms with E-state index in [1.807, 2.05) is 36.1 Å². The van der Waals surface area contributed by atoms with Crippen molar-refractivity contribution in [3.63, 3.8) is 0 Å². The third kappa shape index (κ3) is 2.08. The maximum absolute atomic E-state index is 11.9. The fourth-order valence-corrected chi connectivity index (χ4v) is 1.90. The molecule has 3 heteroatoms. The van der Waals surface area contributed by atoms with Gasteiger partial charge in [-0.1, -0.05) is 18.2 Å². The van der Waals surface area contributed by atoms with E-state index < -0.39 is 0 Å². The second-order valence-corrected chi connectivity index (χ2v) is 3.79. The van der Waals surface area contributed by atoms with Gasteiger partial charge in [0.25, 0.3) is 5.91 Å². The third-order valence-electron chi connectivity index (χ3n) is 2.64. The van der Waals surface area contributed by atoms with E-state index in [2.05, 4.69) is 5.32 Å². The van der Waals surface area contributed by atoms with E-state index in [1.54, 1.807) is 12.2 Å². The van der Waals surface area contributed by atoms with Gasteiger partial charge in [-0.15, -0.1) is 0 Å². The summed E-state index contributed by atoms with van der Waals surface area (Å²) < 4.78 is 0. The van der Waals surface area contributed by atoms with Gasteiger partial charge in [0.1, 0.15) is 0 Å². The molecule has 1 aliphatic heterocycles. The van der Waals surface area contributed by atoms with Crippen molar-refractivity contribution in [3.05, 3.63) is 36.4 Å². The van der Waals surface area contributed by atoms with Crippen LogP contribution in [0.25, 0.3) is 0 Å². The first-order chi connectivity index (χ1) is 7.83. The molecule has 0 bridgehead atoms. The molecule has 84 valence electrons. The molecule has 0 aliphatic carbocycles. The molecular weight excluding hydrogens is 200 g/mol. The molecule has 3 nitrogen and oxygen atoms in total. The van der Waals surface area contributed by atoms with Crippen molar-refractivity contribution in [1.82, 2.24) is 0 Å². The minimum absolute atomic E-state index is 0.0543. The predicted octanol–water partition coefficient (Wildman–Crippen LogP) is 2.41. The lowest BCUT2D eigenvalue weighted by atomic mass is 10.2. The number of para-hydroxylation sites is 2. The van der Waals surface area contributed by atoms with Gasteiger partial charge in [-0.25, -0.2) is 0 Å². The lowest BCUT2D eigenvalue weighted by Crippen LogP contribution is -2.29. The van der Waals surface area contributed by atoms with E-state index >= 15 is 0 Å². The Morgan fingerprint density at radius 2 is 2.25 bits per heavy atom. The summed E-state index contributed by atoms with van der Waals surface area (Å²) in [6.45, 7) is 3.55. The van der Waals surface area contributed by atoms with Gasteiger partial charge in [-0.3, -0.25) is 4.79 Å². The molecule has 16 heavy (non-hydrogen) atoms. The number of rotatable bonds is 1. The lowest BCUT2D eigenvalue weighted by Gasteiger charge is -2.20. The predicted molar refractivity (Wildman–Crippen MR) is 66.7 cm³/mol. The van der Waals surface area contributed by atoms with Crippen LogP contribution in [0.5, 0.6) is 0 Å². The highest BCUT2D eigenvalue weighted by Gasteiger charge is 2.18. The molecule has 0 fully saturated rings. The van der Waals surface area contributed by atoms with E-state index in [9.17, 15) is 4.79 Å². The van der Waals surface area contributed by atoms with Crippen molar-refractivity contribution in [2.75, 3.05) is 23.3 Å². The van der Waals surface area contributed by atoms with E-state index in [1.165, 1.54) is 0 Å². The fraction of sp³-hybridized carbons (Fsp3) is 0.308. The highest BCUT2D eigenvalue weighted by atomic mass is 16.2. The van der Waals surface area contributed by atoms with Crippen LogP contribution >= 0.6 is 0 Å². The average Bonchev–Trinajstić information content (AvgIpc) is 2.51. The number of hydrogen-bond donors (Lipinski definition) is 1. The molecule has 0 aromatic heterocycles. The number of amides is 1. The van der Waals surface area contributed by atoms with E-state index in [4.69, 9.17) is 0 Å². The molecule has 1 amide bonds. The zero-order valence-electron chi connectivity index (χ0n) is 9.44. The largest absolute Gasteiger partial charge is 0.383 e. The zero-order valence-corrected chi connectivity index (χ0v) is 9.44. The topological polar surface area (TPSA) is 32.3 Å². The first-order valence-electron chi connectivity index (χ1n) is 5.60. The van der Waals surface area contributed by atoms with E-state index in [0.717, 1.165) is 30.9 Å². The minimum Gasteiger partial charge on any atom is -0.383 e. The van der Waals surface area contributed by atoms with Gasteiger partial charge < -0.3 is 10.2 Å². The SMILES string of the molecule is C/C=C/C(=O)N1CCCNc2ccccc21. The van der Waals surface area contributed by atoms with Crippen LogP contribution in [-0.4, -0.2) is 19.0 Å². The quantitative estimate of drug-likeness (QED) is 0.731. The summed E-state index contributed by atoms with van der Waals surface area (Å²) in [5.41, 5.74) is 2.01. The Hall–Kier alpha value is -1.77. The number of hydrogen-bond acceptors (Lipinski definition) is 2. The monoisotopic (exact) mass is 216 g/mol. The standard InChI is InChI=1S/C13H16N2O/c1-2-6-13(16)15-10-5-9-14-11-7-3-4-8-12(11)15/h2-4,6-8,14H,5,9-10H2,1H3/b6-2+. The molecule has 0 saturated heterocycles. The summed E-state index contributed by atoms with van der Waals surface area (Å²) in [5, 5.41) is 3.33. The molecule has 0 unspecified atom stereocenters. The highest BCUT2D eigenvalue weighted by molar-refractivity contribution is 6.03. The molecule has 0 radical (unpaired) electrons. The molecular formula is C13H16N2O. The summed E-state index contributed by atoms with van der Waals surface area (Å²) in [6.07, 6.45) is 4.36. The van der Waals surface area contributed by atoms with Crippen LogP contribution in [0.3, 0.4) is 0 Å². The minimum atomic E-state index is 0.0543. The Kier molecular flexibility index (Phi) is 3.25. The molecule has 1 heterocycles. The second-order valence-electron chi connectivity index (χ2n) is 3.79. The van der Waals surface area contributed by atoms with Gasteiger partial charge in [-0.05, 0) is 31.6 Å². The van der Waals surface area contributed by atoms with Gasteiger partial charge in [0, 0.05) is 13.1 Å². The number of allylic oxidation sites excluding steroid dienone is 1. The highest BCUT2D eigenvalue weighted by Crippen LogP contribution is 2.28. The smallest absolute Gasteiger partial charge is 0.250 e. The molecule has 2 rings (SSSR count). The van der Waals surface area contributed by atoms with Gasteiger partial charge in [0.2, 0.25) is 0 Å². The first kappa shape index (κ1) is 10.7. The summed E-state index contributed by atoms with van der Waals surface area (Å²) in [4.78, 5) is 13.8. The van der Waals surface area contributed by atoms with Crippen LogP contribution in [0.1, 0.15) is 13.3 Å². The Bertz CT molecular complexity index is 412. The summed E-state index contributed by atoms with van der Waals surface area (Å²) in [6, 6.07) is 7.93. The van der Waals surface area contributed by atoms with Crippen LogP contribution in [0.15, 0.2) is 36.4 Å².